The molecule has 3 rings (SSSR count). The van der Waals surface area contributed by atoms with Gasteiger partial charge < -0.3 is 5.32 Å². The Morgan fingerprint density at radius 1 is 1.04 bits per heavy atom. The molecule has 0 bridgehead atoms. The molecular weight excluding hydrogens is 322 g/mol. The summed E-state index contributed by atoms with van der Waals surface area (Å²) in [6, 6.07) is 14.1. The molecule has 0 radical (unpaired) electrons. The Labute approximate surface area is 144 Å². The Morgan fingerprint density at radius 2 is 1.76 bits per heavy atom. The van der Waals surface area contributed by atoms with Crippen LogP contribution in [0.5, 0.6) is 0 Å². The maximum absolute atomic E-state index is 13.3. The number of benzene rings is 2. The summed E-state index contributed by atoms with van der Waals surface area (Å²) in [5.41, 5.74) is 3.24. The van der Waals surface area contributed by atoms with Crippen LogP contribution in [-0.4, -0.2) is 10.9 Å². The lowest BCUT2D eigenvalue weighted by Gasteiger charge is -2.08. The number of aryl methyl sites for hydroxylation is 1. The number of halogens is 2. The zero-order valence-electron chi connectivity index (χ0n) is 13.6. The fraction of sp³-hybridized carbons (Fsp3) is 0.100. The van der Waals surface area contributed by atoms with Crippen molar-refractivity contribution in [3.63, 3.8) is 0 Å². The molecule has 3 aromatic rings. The normalized spacial score (nSPS) is 10.5. The molecule has 1 heterocycles. The van der Waals surface area contributed by atoms with Gasteiger partial charge in [0.2, 0.25) is 0 Å². The van der Waals surface area contributed by atoms with E-state index in [2.05, 4.69) is 10.3 Å². The quantitative estimate of drug-likeness (QED) is 0.772. The highest BCUT2D eigenvalue weighted by molar-refractivity contribution is 5.94. The van der Waals surface area contributed by atoms with Crippen LogP contribution < -0.4 is 5.32 Å². The molecule has 0 aliphatic heterocycles. The molecular formula is C20H16F2N2O. The zero-order valence-corrected chi connectivity index (χ0v) is 13.6. The van der Waals surface area contributed by atoms with Gasteiger partial charge in [-0.1, -0.05) is 24.3 Å². The molecule has 0 unspecified atom stereocenters. The fourth-order valence-corrected chi connectivity index (χ4v) is 2.49. The van der Waals surface area contributed by atoms with Crippen molar-refractivity contribution in [1.82, 2.24) is 10.3 Å². The third-order valence-corrected chi connectivity index (χ3v) is 3.88. The lowest BCUT2D eigenvalue weighted by Crippen LogP contribution is -2.23. The first-order valence-electron chi connectivity index (χ1n) is 7.78. The smallest absolute Gasteiger partial charge is 0.253 e. The monoisotopic (exact) mass is 338 g/mol. The molecule has 3 nitrogen and oxygen atoms in total. The van der Waals surface area contributed by atoms with E-state index in [0.717, 1.165) is 17.2 Å². The summed E-state index contributed by atoms with van der Waals surface area (Å²) in [4.78, 5) is 16.3. The largest absolute Gasteiger partial charge is 0.348 e. The van der Waals surface area contributed by atoms with Gasteiger partial charge in [-0.05, 0) is 42.3 Å². The number of hydrogen-bond acceptors (Lipinski definition) is 2. The molecule has 126 valence electrons. The van der Waals surface area contributed by atoms with Crippen LogP contribution in [0.1, 0.15) is 21.5 Å². The number of nitrogens with zero attached hydrogens (tertiary/aromatic N) is 1. The van der Waals surface area contributed by atoms with E-state index in [4.69, 9.17) is 0 Å². The lowest BCUT2D eigenvalue weighted by atomic mass is 10.1. The second-order valence-corrected chi connectivity index (χ2v) is 5.70. The van der Waals surface area contributed by atoms with Gasteiger partial charge in [0, 0.05) is 24.4 Å². The molecule has 1 aromatic heterocycles. The van der Waals surface area contributed by atoms with E-state index in [1.54, 1.807) is 12.1 Å². The van der Waals surface area contributed by atoms with E-state index in [1.807, 2.05) is 31.2 Å². The highest BCUT2D eigenvalue weighted by atomic mass is 19.1. The Kier molecular flexibility index (Phi) is 4.84. The topological polar surface area (TPSA) is 42.0 Å². The second-order valence-electron chi connectivity index (χ2n) is 5.70. The zero-order chi connectivity index (χ0) is 17.8. The number of amides is 1. The summed E-state index contributed by atoms with van der Waals surface area (Å²) in [6.45, 7) is 2.40. The Balaban J connectivity index is 1.71. The van der Waals surface area contributed by atoms with E-state index in [-0.39, 0.29) is 5.91 Å². The van der Waals surface area contributed by atoms with Crippen LogP contribution in [0.15, 0.2) is 60.8 Å². The average molecular weight is 338 g/mol. The number of pyridine rings is 1. The maximum Gasteiger partial charge on any atom is 0.253 e. The molecule has 1 amide bonds. The molecule has 0 atom stereocenters. The Bertz CT molecular complexity index is 888. The predicted octanol–water partition coefficient (Wildman–Crippen LogP) is 4.27. The van der Waals surface area contributed by atoms with Crippen LogP contribution in [0, 0.1) is 18.6 Å². The van der Waals surface area contributed by atoms with Crippen LogP contribution in [0.3, 0.4) is 0 Å². The maximum atomic E-state index is 13.3. The van der Waals surface area contributed by atoms with Gasteiger partial charge in [0.1, 0.15) is 11.6 Å². The summed E-state index contributed by atoms with van der Waals surface area (Å²) in [6.07, 6.45) is 1.39. The van der Waals surface area contributed by atoms with Crippen molar-refractivity contribution >= 4 is 5.91 Å². The third-order valence-electron chi connectivity index (χ3n) is 3.88. The molecule has 0 saturated heterocycles. The van der Waals surface area contributed by atoms with Crippen LogP contribution >= 0.6 is 0 Å². The van der Waals surface area contributed by atoms with Crippen LogP contribution in [0.25, 0.3) is 11.3 Å². The van der Waals surface area contributed by atoms with Gasteiger partial charge in [0.15, 0.2) is 0 Å². The number of rotatable bonds is 4. The van der Waals surface area contributed by atoms with Crippen LogP contribution in [0.4, 0.5) is 8.78 Å². The average Bonchev–Trinajstić information content (AvgIpc) is 2.60. The van der Waals surface area contributed by atoms with Crippen molar-refractivity contribution in [3.05, 3.63) is 89.1 Å². The molecule has 0 aliphatic carbocycles. The number of carbonyl (C=O) groups is 1. The van der Waals surface area contributed by atoms with Crippen molar-refractivity contribution in [2.45, 2.75) is 13.5 Å². The Morgan fingerprint density at radius 3 is 2.40 bits per heavy atom. The third kappa shape index (κ3) is 4.07. The minimum Gasteiger partial charge on any atom is -0.348 e. The number of carbonyl (C=O) groups excluding carboxylic acids is 1. The fourth-order valence-electron chi connectivity index (χ4n) is 2.49. The van der Waals surface area contributed by atoms with Gasteiger partial charge in [-0.25, -0.2) is 8.78 Å². The van der Waals surface area contributed by atoms with Crippen molar-refractivity contribution in [2.24, 2.45) is 0 Å². The first-order chi connectivity index (χ1) is 12.0. The highest BCUT2D eigenvalue weighted by Crippen LogP contribution is 2.20. The van der Waals surface area contributed by atoms with Gasteiger partial charge in [0.25, 0.3) is 5.91 Å². The first-order valence-corrected chi connectivity index (χ1v) is 7.78. The van der Waals surface area contributed by atoms with Crippen LogP contribution in [0.2, 0.25) is 0 Å². The van der Waals surface area contributed by atoms with E-state index in [9.17, 15) is 13.6 Å². The SMILES string of the molecule is Cc1ccccc1CNC(=O)c1ccc(-c2cc(F)cc(F)c2)nc1. The molecule has 5 heteroatoms. The molecule has 0 fully saturated rings. The highest BCUT2D eigenvalue weighted by Gasteiger charge is 2.09. The summed E-state index contributed by atoms with van der Waals surface area (Å²) < 4.78 is 26.6. The van der Waals surface area contributed by atoms with Crippen molar-refractivity contribution < 1.29 is 13.6 Å². The summed E-state index contributed by atoms with van der Waals surface area (Å²) in [7, 11) is 0. The van der Waals surface area contributed by atoms with E-state index in [0.29, 0.717) is 23.4 Å². The Hall–Kier alpha value is -3.08. The van der Waals surface area contributed by atoms with Gasteiger partial charge >= 0.3 is 0 Å². The lowest BCUT2D eigenvalue weighted by molar-refractivity contribution is 0.0950. The molecule has 1 N–H and O–H groups in total. The van der Waals surface area contributed by atoms with Gasteiger partial charge in [-0.2, -0.15) is 0 Å². The second kappa shape index (κ2) is 7.21. The van der Waals surface area contributed by atoms with Gasteiger partial charge in [0.05, 0.1) is 11.3 Å². The van der Waals surface area contributed by atoms with Crippen molar-refractivity contribution in [3.8, 4) is 11.3 Å². The summed E-state index contributed by atoms with van der Waals surface area (Å²) in [5, 5.41) is 2.83. The molecule has 25 heavy (non-hydrogen) atoms. The summed E-state index contributed by atoms with van der Waals surface area (Å²) in [5.74, 6) is -1.60. The minimum atomic E-state index is -0.670. The molecule has 2 aromatic carbocycles. The van der Waals surface area contributed by atoms with Gasteiger partial charge in [-0.3, -0.25) is 9.78 Å². The van der Waals surface area contributed by atoms with Gasteiger partial charge in [-0.15, -0.1) is 0 Å². The standard InChI is InChI=1S/C20H16F2N2O/c1-13-4-2-3-5-14(13)11-24-20(25)15-6-7-19(23-12-15)16-8-17(21)10-18(22)9-16/h2-10,12H,11H2,1H3,(H,24,25). The molecule has 0 spiro atoms. The molecule has 0 saturated carbocycles. The summed E-state index contributed by atoms with van der Waals surface area (Å²) >= 11 is 0. The number of nitrogens with one attached hydrogen (secondary N) is 1. The van der Waals surface area contributed by atoms with Crippen molar-refractivity contribution in [1.29, 1.82) is 0 Å². The van der Waals surface area contributed by atoms with E-state index >= 15 is 0 Å². The first kappa shape index (κ1) is 16.8. The predicted molar refractivity (Wildman–Crippen MR) is 91.9 cm³/mol. The number of aromatic nitrogens is 1. The number of hydrogen-bond donors (Lipinski definition) is 1. The van der Waals surface area contributed by atoms with Crippen LogP contribution in [-0.2, 0) is 6.54 Å². The molecule has 0 aliphatic rings. The van der Waals surface area contributed by atoms with Crippen molar-refractivity contribution in [2.75, 3.05) is 0 Å². The minimum absolute atomic E-state index is 0.257. The van der Waals surface area contributed by atoms with E-state index < -0.39 is 11.6 Å². The van der Waals surface area contributed by atoms with E-state index in [1.165, 1.54) is 18.3 Å².